The molecule has 0 aromatic heterocycles. The zero-order chi connectivity index (χ0) is 10.5. The van der Waals surface area contributed by atoms with E-state index in [0.717, 1.165) is 18.7 Å². The van der Waals surface area contributed by atoms with Crippen LogP contribution in [-0.4, -0.2) is 12.8 Å². The van der Waals surface area contributed by atoms with Crippen LogP contribution in [0.2, 0.25) is 0 Å². The van der Waals surface area contributed by atoms with E-state index < -0.39 is 0 Å². The lowest BCUT2D eigenvalue weighted by Gasteiger charge is -1.98. The van der Waals surface area contributed by atoms with Gasteiger partial charge in [-0.3, -0.25) is 4.99 Å². The predicted octanol–water partition coefficient (Wildman–Crippen LogP) is 1.35. The van der Waals surface area contributed by atoms with Gasteiger partial charge in [0.15, 0.2) is 0 Å². The summed E-state index contributed by atoms with van der Waals surface area (Å²) in [7, 11) is 0. The Morgan fingerprint density at radius 1 is 1.40 bits per heavy atom. The Balaban J connectivity index is 1.96. The SMILES string of the molecule is Nc1ccccc1/N=C\CC1=CNNC1. The first-order chi connectivity index (χ1) is 7.36. The van der Waals surface area contributed by atoms with E-state index in [1.807, 2.05) is 36.7 Å². The summed E-state index contributed by atoms with van der Waals surface area (Å²) in [5.41, 5.74) is 14.5. The fourth-order valence-electron chi connectivity index (χ4n) is 1.37. The molecule has 0 saturated heterocycles. The molecule has 0 bridgehead atoms. The number of nitrogens with zero attached hydrogens (tertiary/aromatic N) is 1. The highest BCUT2D eigenvalue weighted by Crippen LogP contribution is 2.20. The van der Waals surface area contributed by atoms with Crippen LogP contribution in [0.25, 0.3) is 0 Å². The van der Waals surface area contributed by atoms with Gasteiger partial charge in [0.25, 0.3) is 0 Å². The highest BCUT2D eigenvalue weighted by atomic mass is 15.4. The lowest BCUT2D eigenvalue weighted by molar-refractivity contribution is 0.720. The Bertz CT molecular complexity index is 395. The van der Waals surface area contributed by atoms with Crippen LogP contribution in [0.3, 0.4) is 0 Å². The van der Waals surface area contributed by atoms with E-state index in [2.05, 4.69) is 15.8 Å². The second-order valence-corrected chi connectivity index (χ2v) is 3.38. The first-order valence-electron chi connectivity index (χ1n) is 4.89. The molecular weight excluding hydrogens is 188 g/mol. The second kappa shape index (κ2) is 4.61. The molecular formula is C11H14N4. The van der Waals surface area contributed by atoms with E-state index in [4.69, 9.17) is 5.73 Å². The molecule has 1 aromatic carbocycles. The zero-order valence-electron chi connectivity index (χ0n) is 8.40. The van der Waals surface area contributed by atoms with E-state index in [9.17, 15) is 0 Å². The number of nitrogens with two attached hydrogens (primary N) is 1. The van der Waals surface area contributed by atoms with Crippen molar-refractivity contribution in [3.8, 4) is 0 Å². The van der Waals surface area contributed by atoms with Gasteiger partial charge < -0.3 is 11.2 Å². The summed E-state index contributed by atoms with van der Waals surface area (Å²) in [6.45, 7) is 0.871. The van der Waals surface area contributed by atoms with E-state index in [-0.39, 0.29) is 0 Å². The third-order valence-electron chi connectivity index (χ3n) is 2.21. The average Bonchev–Trinajstić information content (AvgIpc) is 2.74. The first kappa shape index (κ1) is 9.73. The van der Waals surface area contributed by atoms with Crippen LogP contribution in [0.1, 0.15) is 6.42 Å². The van der Waals surface area contributed by atoms with Crippen LogP contribution >= 0.6 is 0 Å². The van der Waals surface area contributed by atoms with Crippen molar-refractivity contribution in [3.05, 3.63) is 36.0 Å². The zero-order valence-corrected chi connectivity index (χ0v) is 8.40. The fourth-order valence-corrected chi connectivity index (χ4v) is 1.37. The van der Waals surface area contributed by atoms with E-state index in [0.29, 0.717) is 5.69 Å². The van der Waals surface area contributed by atoms with Crippen LogP contribution in [0.5, 0.6) is 0 Å². The smallest absolute Gasteiger partial charge is 0.0855 e. The normalized spacial score (nSPS) is 15.3. The van der Waals surface area contributed by atoms with Gasteiger partial charge in [-0.2, -0.15) is 0 Å². The van der Waals surface area contributed by atoms with Gasteiger partial charge >= 0.3 is 0 Å². The topological polar surface area (TPSA) is 62.4 Å². The molecule has 0 amide bonds. The molecule has 1 aliphatic rings. The quantitative estimate of drug-likeness (QED) is 0.512. The molecule has 0 spiro atoms. The van der Waals surface area contributed by atoms with Crippen molar-refractivity contribution in [2.75, 3.05) is 12.3 Å². The van der Waals surface area contributed by atoms with E-state index >= 15 is 0 Å². The largest absolute Gasteiger partial charge is 0.397 e. The van der Waals surface area contributed by atoms with Crippen molar-refractivity contribution in [1.29, 1.82) is 0 Å². The highest BCUT2D eigenvalue weighted by molar-refractivity contribution is 5.72. The number of hydrogen-bond donors (Lipinski definition) is 3. The summed E-state index contributed by atoms with van der Waals surface area (Å²) in [6, 6.07) is 7.60. The molecule has 0 saturated carbocycles. The third-order valence-corrected chi connectivity index (χ3v) is 2.21. The van der Waals surface area contributed by atoms with E-state index in [1.165, 1.54) is 5.57 Å². The fraction of sp³-hybridized carbons (Fsp3) is 0.182. The van der Waals surface area contributed by atoms with Gasteiger partial charge in [-0.05, 0) is 17.7 Å². The number of rotatable bonds is 3. The number of nitrogen functional groups attached to an aromatic ring is 1. The van der Waals surface area contributed by atoms with Crippen molar-refractivity contribution < 1.29 is 0 Å². The number of nitrogens with one attached hydrogen (secondary N) is 2. The Hall–Kier alpha value is -1.81. The molecule has 15 heavy (non-hydrogen) atoms. The molecule has 1 aliphatic heterocycles. The molecule has 0 unspecified atom stereocenters. The summed E-state index contributed by atoms with van der Waals surface area (Å²) < 4.78 is 0. The maximum Gasteiger partial charge on any atom is 0.0855 e. The number of benzene rings is 1. The summed E-state index contributed by atoms with van der Waals surface area (Å²) >= 11 is 0. The Kier molecular flexibility index (Phi) is 2.99. The van der Waals surface area contributed by atoms with Crippen molar-refractivity contribution in [3.63, 3.8) is 0 Å². The van der Waals surface area contributed by atoms with Crippen LogP contribution in [0, 0.1) is 0 Å². The van der Waals surface area contributed by atoms with Crippen molar-refractivity contribution in [2.45, 2.75) is 6.42 Å². The molecule has 4 nitrogen and oxygen atoms in total. The third kappa shape index (κ3) is 2.57. The number of para-hydroxylation sites is 2. The molecule has 1 heterocycles. The molecule has 1 aromatic rings. The van der Waals surface area contributed by atoms with Gasteiger partial charge in [0.1, 0.15) is 0 Å². The number of hydrazine groups is 1. The van der Waals surface area contributed by atoms with Crippen LogP contribution in [0.15, 0.2) is 41.0 Å². The predicted molar refractivity (Wildman–Crippen MR) is 62.8 cm³/mol. The molecule has 78 valence electrons. The molecule has 0 radical (unpaired) electrons. The molecule has 0 fully saturated rings. The van der Waals surface area contributed by atoms with Gasteiger partial charge in [-0.1, -0.05) is 12.1 Å². The van der Waals surface area contributed by atoms with Gasteiger partial charge in [-0.25, -0.2) is 5.43 Å². The minimum Gasteiger partial charge on any atom is -0.397 e. The second-order valence-electron chi connectivity index (χ2n) is 3.38. The lowest BCUT2D eigenvalue weighted by Crippen LogP contribution is -2.20. The monoisotopic (exact) mass is 202 g/mol. The van der Waals surface area contributed by atoms with Crippen LogP contribution in [0.4, 0.5) is 11.4 Å². The van der Waals surface area contributed by atoms with Crippen LogP contribution in [-0.2, 0) is 0 Å². The first-order valence-corrected chi connectivity index (χ1v) is 4.89. The van der Waals surface area contributed by atoms with Gasteiger partial charge in [0.2, 0.25) is 0 Å². The summed E-state index contributed by atoms with van der Waals surface area (Å²) in [6.07, 6.45) is 4.68. The standard InChI is InChI=1S/C11H14N4/c12-10-3-1-2-4-11(10)13-6-5-9-7-14-15-8-9/h1-4,6-7,14-15H,5,8,12H2/b13-6-. The number of aliphatic imine (C=N–C) groups is 1. The molecule has 0 atom stereocenters. The van der Waals surface area contributed by atoms with Gasteiger partial charge in [0.05, 0.1) is 11.4 Å². The Morgan fingerprint density at radius 3 is 3.00 bits per heavy atom. The number of anilines is 1. The van der Waals surface area contributed by atoms with Gasteiger partial charge in [0, 0.05) is 25.4 Å². The summed E-state index contributed by atoms with van der Waals surface area (Å²) in [4.78, 5) is 4.32. The molecule has 0 aliphatic carbocycles. The maximum atomic E-state index is 5.76. The van der Waals surface area contributed by atoms with Gasteiger partial charge in [-0.15, -0.1) is 0 Å². The average molecular weight is 202 g/mol. The minimum absolute atomic E-state index is 0.713. The van der Waals surface area contributed by atoms with Crippen LogP contribution < -0.4 is 16.6 Å². The molecule has 4 N–H and O–H groups in total. The summed E-state index contributed by atoms with van der Waals surface area (Å²) in [5, 5.41) is 0. The Labute approximate surface area is 88.9 Å². The highest BCUT2D eigenvalue weighted by Gasteiger charge is 2.00. The molecule has 4 heteroatoms. The van der Waals surface area contributed by atoms with Crippen molar-refractivity contribution >= 4 is 17.6 Å². The molecule has 2 rings (SSSR count). The minimum atomic E-state index is 0.713. The van der Waals surface area contributed by atoms with Crippen molar-refractivity contribution in [1.82, 2.24) is 10.9 Å². The summed E-state index contributed by atoms with van der Waals surface area (Å²) in [5.74, 6) is 0. The Morgan fingerprint density at radius 2 is 2.27 bits per heavy atom. The van der Waals surface area contributed by atoms with E-state index in [1.54, 1.807) is 0 Å². The van der Waals surface area contributed by atoms with Crippen molar-refractivity contribution in [2.24, 2.45) is 4.99 Å². The maximum absolute atomic E-state index is 5.76. The lowest BCUT2D eigenvalue weighted by atomic mass is 10.2. The number of hydrogen-bond acceptors (Lipinski definition) is 4.